The second-order valence-corrected chi connectivity index (χ2v) is 6.55. The standard InChI is InChI=1S/C15H18F2N2OS/c1-15(2,3)12-9-21-13(19-12)8-18-10-6-4-5-7-11(10)20-14(16)17/h4-7,9,14,18H,8H2,1-3H3. The van der Waals surface area contributed by atoms with Gasteiger partial charge in [0.2, 0.25) is 0 Å². The molecule has 1 heterocycles. The zero-order valence-electron chi connectivity index (χ0n) is 12.2. The quantitative estimate of drug-likeness (QED) is 0.872. The SMILES string of the molecule is CC(C)(C)c1csc(CNc2ccccc2OC(F)F)n1. The molecule has 1 aromatic heterocycles. The highest BCUT2D eigenvalue weighted by atomic mass is 32.1. The van der Waals surface area contributed by atoms with Crippen molar-refractivity contribution in [1.29, 1.82) is 0 Å². The molecule has 0 spiro atoms. The van der Waals surface area contributed by atoms with Crippen molar-refractivity contribution >= 4 is 17.0 Å². The first-order valence-electron chi connectivity index (χ1n) is 6.59. The lowest BCUT2D eigenvalue weighted by Gasteiger charge is -2.14. The smallest absolute Gasteiger partial charge is 0.387 e. The van der Waals surface area contributed by atoms with Crippen LogP contribution in [0.15, 0.2) is 29.6 Å². The molecule has 2 aromatic rings. The minimum absolute atomic E-state index is 0.00540. The molecule has 0 atom stereocenters. The third kappa shape index (κ3) is 4.39. The zero-order chi connectivity index (χ0) is 15.5. The molecule has 0 bridgehead atoms. The van der Waals surface area contributed by atoms with Crippen LogP contribution in [0.1, 0.15) is 31.5 Å². The van der Waals surface area contributed by atoms with Crippen LogP contribution in [0.5, 0.6) is 5.75 Å². The van der Waals surface area contributed by atoms with E-state index in [1.54, 1.807) is 29.5 Å². The minimum Gasteiger partial charge on any atom is -0.433 e. The Morgan fingerprint density at radius 1 is 1.29 bits per heavy atom. The van der Waals surface area contributed by atoms with Crippen LogP contribution in [0.25, 0.3) is 0 Å². The van der Waals surface area contributed by atoms with Gasteiger partial charge in [-0.05, 0) is 12.1 Å². The number of rotatable bonds is 5. The normalized spacial score (nSPS) is 11.7. The number of aromatic nitrogens is 1. The second kappa shape index (κ2) is 6.39. The summed E-state index contributed by atoms with van der Waals surface area (Å²) in [6.07, 6.45) is 0. The van der Waals surface area contributed by atoms with Gasteiger partial charge in [0.05, 0.1) is 17.9 Å². The zero-order valence-corrected chi connectivity index (χ0v) is 13.0. The number of nitrogens with zero attached hydrogens (tertiary/aromatic N) is 1. The van der Waals surface area contributed by atoms with Crippen LogP contribution in [0.2, 0.25) is 0 Å². The second-order valence-electron chi connectivity index (χ2n) is 5.60. The number of para-hydroxylation sites is 2. The van der Waals surface area contributed by atoms with E-state index in [0.29, 0.717) is 12.2 Å². The van der Waals surface area contributed by atoms with Crippen LogP contribution in [0.4, 0.5) is 14.5 Å². The van der Waals surface area contributed by atoms with Crippen molar-refractivity contribution in [3.63, 3.8) is 0 Å². The number of nitrogens with one attached hydrogen (secondary N) is 1. The maximum Gasteiger partial charge on any atom is 0.387 e. The van der Waals surface area contributed by atoms with Gasteiger partial charge in [0.1, 0.15) is 10.8 Å². The van der Waals surface area contributed by atoms with Crippen molar-refractivity contribution in [3.8, 4) is 5.75 Å². The van der Waals surface area contributed by atoms with E-state index in [4.69, 9.17) is 0 Å². The van der Waals surface area contributed by atoms with Crippen molar-refractivity contribution in [2.75, 3.05) is 5.32 Å². The molecule has 0 radical (unpaired) electrons. The highest BCUT2D eigenvalue weighted by Crippen LogP contribution is 2.27. The Hall–Kier alpha value is -1.69. The molecule has 1 aromatic carbocycles. The van der Waals surface area contributed by atoms with E-state index < -0.39 is 6.61 Å². The minimum atomic E-state index is -2.83. The number of hydrogen-bond acceptors (Lipinski definition) is 4. The molecule has 0 saturated heterocycles. The fraction of sp³-hybridized carbons (Fsp3) is 0.400. The molecule has 1 N–H and O–H groups in total. The molecule has 0 amide bonds. The van der Waals surface area contributed by atoms with Gasteiger partial charge in [-0.25, -0.2) is 4.98 Å². The average molecular weight is 312 g/mol. The summed E-state index contributed by atoms with van der Waals surface area (Å²) in [4.78, 5) is 4.55. The van der Waals surface area contributed by atoms with Crippen LogP contribution in [-0.4, -0.2) is 11.6 Å². The van der Waals surface area contributed by atoms with Gasteiger partial charge in [0, 0.05) is 10.8 Å². The number of alkyl halides is 2. The van der Waals surface area contributed by atoms with Crippen molar-refractivity contribution in [1.82, 2.24) is 4.98 Å². The number of ether oxygens (including phenoxy) is 1. The molecule has 0 unspecified atom stereocenters. The Kier molecular flexibility index (Phi) is 4.77. The molecule has 0 saturated carbocycles. The highest BCUT2D eigenvalue weighted by Gasteiger charge is 2.17. The Morgan fingerprint density at radius 3 is 2.62 bits per heavy atom. The van der Waals surface area contributed by atoms with Gasteiger partial charge >= 0.3 is 6.61 Å². The topological polar surface area (TPSA) is 34.1 Å². The van der Waals surface area contributed by atoms with Crippen LogP contribution in [0, 0.1) is 0 Å². The first-order valence-corrected chi connectivity index (χ1v) is 7.47. The van der Waals surface area contributed by atoms with Gasteiger partial charge in [-0.3, -0.25) is 0 Å². The van der Waals surface area contributed by atoms with Gasteiger partial charge < -0.3 is 10.1 Å². The van der Waals surface area contributed by atoms with E-state index in [0.717, 1.165) is 10.7 Å². The van der Waals surface area contributed by atoms with Gasteiger partial charge in [-0.15, -0.1) is 11.3 Å². The summed E-state index contributed by atoms with van der Waals surface area (Å²) in [5.74, 6) is 0.139. The van der Waals surface area contributed by atoms with Gasteiger partial charge in [-0.2, -0.15) is 8.78 Å². The Balaban J connectivity index is 2.05. The van der Waals surface area contributed by atoms with Crippen molar-refractivity contribution in [3.05, 3.63) is 40.3 Å². The molecule has 0 aliphatic rings. The van der Waals surface area contributed by atoms with E-state index in [9.17, 15) is 8.78 Å². The van der Waals surface area contributed by atoms with E-state index >= 15 is 0 Å². The third-order valence-corrected chi connectivity index (χ3v) is 3.70. The van der Waals surface area contributed by atoms with E-state index in [-0.39, 0.29) is 11.2 Å². The summed E-state index contributed by atoms with van der Waals surface area (Å²) in [7, 11) is 0. The Morgan fingerprint density at radius 2 is 2.00 bits per heavy atom. The van der Waals surface area contributed by atoms with Crippen molar-refractivity contribution in [2.24, 2.45) is 0 Å². The largest absolute Gasteiger partial charge is 0.433 e. The predicted octanol–water partition coefficient (Wildman–Crippen LogP) is 4.65. The summed E-state index contributed by atoms with van der Waals surface area (Å²) in [6, 6.07) is 6.64. The lowest BCUT2D eigenvalue weighted by Crippen LogP contribution is -2.12. The molecule has 3 nitrogen and oxygen atoms in total. The van der Waals surface area contributed by atoms with E-state index in [1.807, 2.05) is 5.38 Å². The highest BCUT2D eigenvalue weighted by molar-refractivity contribution is 7.09. The molecule has 21 heavy (non-hydrogen) atoms. The molecular weight excluding hydrogens is 294 g/mol. The maximum absolute atomic E-state index is 12.3. The summed E-state index contributed by atoms with van der Waals surface area (Å²) >= 11 is 1.55. The summed E-state index contributed by atoms with van der Waals surface area (Å²) < 4.78 is 29.2. The summed E-state index contributed by atoms with van der Waals surface area (Å²) in [5, 5.41) is 6.02. The van der Waals surface area contributed by atoms with Crippen LogP contribution in [0.3, 0.4) is 0 Å². The summed E-state index contributed by atoms with van der Waals surface area (Å²) in [6.45, 7) is 3.95. The molecule has 0 fully saturated rings. The number of hydrogen-bond donors (Lipinski definition) is 1. The molecule has 114 valence electrons. The van der Waals surface area contributed by atoms with Crippen LogP contribution in [-0.2, 0) is 12.0 Å². The first-order chi connectivity index (χ1) is 9.86. The van der Waals surface area contributed by atoms with Crippen LogP contribution >= 0.6 is 11.3 Å². The molecule has 2 rings (SSSR count). The predicted molar refractivity (Wildman–Crippen MR) is 81.2 cm³/mol. The fourth-order valence-corrected chi connectivity index (χ4v) is 2.68. The Labute approximate surface area is 127 Å². The summed E-state index contributed by atoms with van der Waals surface area (Å²) in [5.41, 5.74) is 1.57. The monoisotopic (exact) mass is 312 g/mol. The fourth-order valence-electron chi connectivity index (χ4n) is 1.72. The molecule has 0 aliphatic heterocycles. The van der Waals surface area contributed by atoms with Crippen molar-refractivity contribution < 1.29 is 13.5 Å². The molecule has 0 aliphatic carbocycles. The first kappa shape index (κ1) is 15.7. The van der Waals surface area contributed by atoms with E-state index in [2.05, 4.69) is 35.8 Å². The third-order valence-electron chi connectivity index (χ3n) is 2.85. The molecule has 6 heteroatoms. The number of benzene rings is 1. The molecular formula is C15H18F2N2OS. The van der Waals surface area contributed by atoms with Gasteiger partial charge in [0.25, 0.3) is 0 Å². The lowest BCUT2D eigenvalue weighted by molar-refractivity contribution is -0.0493. The number of anilines is 1. The maximum atomic E-state index is 12.3. The average Bonchev–Trinajstić information content (AvgIpc) is 2.86. The number of halogens is 2. The Bertz CT molecular complexity index is 593. The van der Waals surface area contributed by atoms with Crippen molar-refractivity contribution in [2.45, 2.75) is 39.3 Å². The number of thiazole rings is 1. The van der Waals surface area contributed by atoms with Gasteiger partial charge in [0.15, 0.2) is 0 Å². The van der Waals surface area contributed by atoms with Gasteiger partial charge in [-0.1, -0.05) is 32.9 Å². The lowest BCUT2D eigenvalue weighted by atomic mass is 9.93. The van der Waals surface area contributed by atoms with Crippen LogP contribution < -0.4 is 10.1 Å². The van der Waals surface area contributed by atoms with E-state index in [1.165, 1.54) is 6.07 Å².